The van der Waals surface area contributed by atoms with Gasteiger partial charge in [-0.15, -0.1) is 29.9 Å². The number of nitrogens with one attached hydrogen (secondary N) is 1. The first kappa shape index (κ1) is 15.9. The fourth-order valence-corrected chi connectivity index (χ4v) is 2.28. The van der Waals surface area contributed by atoms with Crippen molar-refractivity contribution in [2.45, 2.75) is 18.8 Å². The van der Waals surface area contributed by atoms with Crippen LogP contribution in [0.3, 0.4) is 0 Å². The summed E-state index contributed by atoms with van der Waals surface area (Å²) < 4.78 is 1.86. The first-order valence-corrected chi connectivity index (χ1v) is 5.99. The molecular weight excluding hydrogens is 285 g/mol. The van der Waals surface area contributed by atoms with E-state index >= 15 is 0 Å². The van der Waals surface area contributed by atoms with E-state index in [0.717, 1.165) is 37.4 Å². The summed E-state index contributed by atoms with van der Waals surface area (Å²) in [5.41, 5.74) is 1.03. The van der Waals surface area contributed by atoms with Crippen LogP contribution in [0.4, 0.5) is 0 Å². The molecule has 1 aromatic heterocycles. The van der Waals surface area contributed by atoms with Gasteiger partial charge in [0.05, 0.1) is 5.69 Å². The highest BCUT2D eigenvalue weighted by Gasteiger charge is 2.21. The van der Waals surface area contributed by atoms with Gasteiger partial charge in [0, 0.05) is 5.92 Å². The van der Waals surface area contributed by atoms with E-state index in [1.165, 1.54) is 0 Å². The van der Waals surface area contributed by atoms with Gasteiger partial charge in [0.25, 0.3) is 0 Å². The van der Waals surface area contributed by atoms with Crippen molar-refractivity contribution in [3.63, 3.8) is 0 Å². The second-order valence-corrected chi connectivity index (χ2v) is 4.31. The Morgan fingerprint density at radius 2 is 1.74 bits per heavy atom. The van der Waals surface area contributed by atoms with E-state index in [1.54, 1.807) is 0 Å². The Hall–Kier alpha value is -1.17. The molecule has 0 atom stereocenters. The molecule has 0 amide bonds. The van der Waals surface area contributed by atoms with E-state index in [1.807, 2.05) is 35.0 Å². The van der Waals surface area contributed by atoms with Gasteiger partial charge < -0.3 is 5.32 Å². The minimum absolute atomic E-state index is 0. The first-order valence-electron chi connectivity index (χ1n) is 5.99. The topological polar surface area (TPSA) is 55.6 Å². The quantitative estimate of drug-likeness (QED) is 0.921. The van der Waals surface area contributed by atoms with Crippen molar-refractivity contribution in [3.05, 3.63) is 36.2 Å². The maximum atomic E-state index is 4.19. The standard InChI is InChI=1S/C12H15N5.2ClH/c1-2-4-11(5-3-1)17-12(14-15-16-17)10-6-8-13-9-7-10;;/h1-5,10,13H,6-9H2;2*1H. The summed E-state index contributed by atoms with van der Waals surface area (Å²) in [6, 6.07) is 10.1. The smallest absolute Gasteiger partial charge is 0.159 e. The van der Waals surface area contributed by atoms with Crippen LogP contribution in [0.25, 0.3) is 5.69 Å². The summed E-state index contributed by atoms with van der Waals surface area (Å²) in [6.07, 6.45) is 2.21. The average molecular weight is 302 g/mol. The van der Waals surface area contributed by atoms with Crippen LogP contribution < -0.4 is 5.32 Å². The summed E-state index contributed by atoms with van der Waals surface area (Å²) in [5.74, 6) is 1.45. The Bertz CT molecular complexity index is 482. The molecule has 7 heteroatoms. The van der Waals surface area contributed by atoms with E-state index in [0.29, 0.717) is 5.92 Å². The maximum absolute atomic E-state index is 4.19. The Balaban J connectivity index is 0.000000902. The number of tetrazole rings is 1. The number of benzene rings is 1. The number of piperidine rings is 1. The monoisotopic (exact) mass is 301 g/mol. The van der Waals surface area contributed by atoms with Gasteiger partial charge in [-0.1, -0.05) is 18.2 Å². The molecule has 0 spiro atoms. The minimum Gasteiger partial charge on any atom is -0.317 e. The largest absolute Gasteiger partial charge is 0.317 e. The molecule has 1 fully saturated rings. The summed E-state index contributed by atoms with van der Waals surface area (Å²) in [6.45, 7) is 2.10. The molecule has 0 bridgehead atoms. The molecular formula is C12H17Cl2N5. The lowest BCUT2D eigenvalue weighted by molar-refractivity contribution is 0.438. The third kappa shape index (κ3) is 3.43. The van der Waals surface area contributed by atoms with Crippen molar-refractivity contribution in [3.8, 4) is 5.69 Å². The minimum atomic E-state index is 0. The summed E-state index contributed by atoms with van der Waals surface area (Å²) in [7, 11) is 0. The Morgan fingerprint density at radius 3 is 2.42 bits per heavy atom. The molecule has 1 aromatic carbocycles. The lowest BCUT2D eigenvalue weighted by atomic mass is 9.97. The molecule has 19 heavy (non-hydrogen) atoms. The maximum Gasteiger partial charge on any atom is 0.159 e. The van der Waals surface area contributed by atoms with Crippen LogP contribution in [-0.2, 0) is 0 Å². The average Bonchev–Trinajstić information content (AvgIpc) is 2.90. The van der Waals surface area contributed by atoms with E-state index in [4.69, 9.17) is 0 Å². The molecule has 5 nitrogen and oxygen atoms in total. The lowest BCUT2D eigenvalue weighted by Crippen LogP contribution is -2.28. The van der Waals surface area contributed by atoms with Crippen LogP contribution >= 0.6 is 24.8 Å². The lowest BCUT2D eigenvalue weighted by Gasteiger charge is -2.21. The molecule has 2 aromatic rings. The fraction of sp³-hybridized carbons (Fsp3) is 0.417. The number of rotatable bonds is 2. The number of hydrogen-bond acceptors (Lipinski definition) is 4. The van der Waals surface area contributed by atoms with Crippen LogP contribution in [0, 0.1) is 0 Å². The van der Waals surface area contributed by atoms with Crippen LogP contribution in [0.15, 0.2) is 30.3 Å². The van der Waals surface area contributed by atoms with Gasteiger partial charge in [-0.3, -0.25) is 0 Å². The summed E-state index contributed by atoms with van der Waals surface area (Å²) in [4.78, 5) is 0. The third-order valence-corrected chi connectivity index (χ3v) is 3.20. The third-order valence-electron chi connectivity index (χ3n) is 3.20. The molecule has 1 aliphatic heterocycles. The Morgan fingerprint density at radius 1 is 1.05 bits per heavy atom. The van der Waals surface area contributed by atoms with Crippen LogP contribution in [0.5, 0.6) is 0 Å². The SMILES string of the molecule is Cl.Cl.c1ccc(-n2nnnc2C2CCNCC2)cc1. The second kappa shape index (κ2) is 7.43. The van der Waals surface area contributed by atoms with Gasteiger partial charge in [0.15, 0.2) is 5.82 Å². The van der Waals surface area contributed by atoms with E-state index < -0.39 is 0 Å². The van der Waals surface area contributed by atoms with Gasteiger partial charge >= 0.3 is 0 Å². The van der Waals surface area contributed by atoms with E-state index in [2.05, 4.69) is 20.8 Å². The van der Waals surface area contributed by atoms with Crippen molar-refractivity contribution in [2.24, 2.45) is 0 Å². The number of nitrogens with zero attached hydrogens (tertiary/aromatic N) is 4. The summed E-state index contributed by atoms with van der Waals surface area (Å²) in [5, 5.41) is 15.5. The molecule has 2 heterocycles. The van der Waals surface area contributed by atoms with E-state index in [9.17, 15) is 0 Å². The van der Waals surface area contributed by atoms with Crippen molar-refractivity contribution in [2.75, 3.05) is 13.1 Å². The number of aromatic nitrogens is 4. The first-order chi connectivity index (χ1) is 8.45. The molecule has 1 N–H and O–H groups in total. The molecule has 104 valence electrons. The van der Waals surface area contributed by atoms with Gasteiger partial charge in [-0.2, -0.15) is 4.68 Å². The fourth-order valence-electron chi connectivity index (χ4n) is 2.28. The van der Waals surface area contributed by atoms with Gasteiger partial charge in [-0.05, 0) is 48.5 Å². The molecule has 0 aliphatic carbocycles. The highest BCUT2D eigenvalue weighted by Crippen LogP contribution is 2.24. The van der Waals surface area contributed by atoms with Crippen molar-refractivity contribution in [1.82, 2.24) is 25.5 Å². The van der Waals surface area contributed by atoms with Crippen molar-refractivity contribution < 1.29 is 0 Å². The molecule has 0 saturated carbocycles. The molecule has 3 rings (SSSR count). The zero-order valence-electron chi connectivity index (χ0n) is 10.4. The van der Waals surface area contributed by atoms with Gasteiger partial charge in [0.1, 0.15) is 0 Å². The predicted octanol–water partition coefficient (Wildman–Crippen LogP) is 1.97. The van der Waals surface area contributed by atoms with Crippen molar-refractivity contribution >= 4 is 24.8 Å². The number of hydrogen-bond donors (Lipinski definition) is 1. The zero-order valence-corrected chi connectivity index (χ0v) is 12.0. The molecule has 0 radical (unpaired) electrons. The van der Waals surface area contributed by atoms with Gasteiger partial charge in [-0.25, -0.2) is 0 Å². The molecule has 1 saturated heterocycles. The Kier molecular flexibility index (Phi) is 6.21. The predicted molar refractivity (Wildman–Crippen MR) is 78.5 cm³/mol. The van der Waals surface area contributed by atoms with Crippen LogP contribution in [0.1, 0.15) is 24.6 Å². The summed E-state index contributed by atoms with van der Waals surface area (Å²) >= 11 is 0. The van der Waals surface area contributed by atoms with Gasteiger partial charge in [0.2, 0.25) is 0 Å². The van der Waals surface area contributed by atoms with E-state index in [-0.39, 0.29) is 24.8 Å². The number of para-hydroxylation sites is 1. The molecule has 0 unspecified atom stereocenters. The Labute approximate surface area is 124 Å². The van der Waals surface area contributed by atoms with Crippen LogP contribution in [0.2, 0.25) is 0 Å². The highest BCUT2D eigenvalue weighted by molar-refractivity contribution is 5.85. The zero-order chi connectivity index (χ0) is 11.5. The second-order valence-electron chi connectivity index (χ2n) is 4.31. The van der Waals surface area contributed by atoms with Crippen molar-refractivity contribution in [1.29, 1.82) is 0 Å². The highest BCUT2D eigenvalue weighted by atomic mass is 35.5. The molecule has 1 aliphatic rings. The normalized spacial score (nSPS) is 15.4. The van der Waals surface area contributed by atoms with Crippen LogP contribution in [-0.4, -0.2) is 33.3 Å². The number of halogens is 2.